The molecule has 4 nitrogen and oxygen atoms in total. The largest absolute Gasteiger partial charge is 0.465 e. The zero-order valence-corrected chi connectivity index (χ0v) is 9.37. The molecule has 1 atom stereocenters. The van der Waals surface area contributed by atoms with Gasteiger partial charge in [-0.15, -0.1) is 0 Å². The maximum Gasteiger partial charge on any atom is 0.324 e. The first-order valence-corrected chi connectivity index (χ1v) is 6.00. The lowest BCUT2D eigenvalue weighted by molar-refractivity contribution is -0.145. The maximum atomic E-state index is 11.5. The van der Waals surface area contributed by atoms with E-state index in [2.05, 4.69) is 10.4 Å². The van der Waals surface area contributed by atoms with Crippen LogP contribution >= 0.6 is 0 Å². The van der Waals surface area contributed by atoms with Crippen molar-refractivity contribution in [2.24, 2.45) is 0 Å². The van der Waals surface area contributed by atoms with E-state index < -0.39 is 0 Å². The number of nitrogens with zero attached hydrogens (tertiary/aromatic N) is 1. The second kappa shape index (κ2) is 4.94. The highest BCUT2D eigenvalue weighted by Gasteiger charge is 2.33. The van der Waals surface area contributed by atoms with Crippen molar-refractivity contribution >= 4 is 5.97 Å². The van der Waals surface area contributed by atoms with E-state index in [1.165, 1.54) is 25.7 Å². The molecular formula is C11H20N2O2. The Hall–Kier alpha value is -0.610. The van der Waals surface area contributed by atoms with Crippen molar-refractivity contribution in [3.8, 4) is 0 Å². The number of esters is 1. The molecule has 0 aromatic heterocycles. The van der Waals surface area contributed by atoms with Crippen LogP contribution in [0.1, 0.15) is 39.0 Å². The van der Waals surface area contributed by atoms with Gasteiger partial charge in [-0.05, 0) is 26.2 Å². The molecule has 2 fully saturated rings. The highest BCUT2D eigenvalue weighted by molar-refractivity contribution is 5.75. The van der Waals surface area contributed by atoms with Crippen molar-refractivity contribution in [1.29, 1.82) is 0 Å². The van der Waals surface area contributed by atoms with Gasteiger partial charge in [0.1, 0.15) is 6.04 Å². The Labute approximate surface area is 90.9 Å². The first-order chi connectivity index (χ1) is 7.31. The SMILES string of the molecule is CCOC(=O)C1CCN(C2CCCC2)N1. The molecule has 1 saturated carbocycles. The Balaban J connectivity index is 1.80. The van der Waals surface area contributed by atoms with Crippen LogP contribution in [0.15, 0.2) is 0 Å². The second-order valence-electron chi connectivity index (χ2n) is 4.35. The predicted octanol–water partition coefficient (Wildman–Crippen LogP) is 1.07. The van der Waals surface area contributed by atoms with E-state index in [1.807, 2.05) is 6.92 Å². The van der Waals surface area contributed by atoms with Crippen LogP contribution < -0.4 is 5.43 Å². The number of hydrogen-bond acceptors (Lipinski definition) is 4. The van der Waals surface area contributed by atoms with Gasteiger partial charge in [0.15, 0.2) is 0 Å². The van der Waals surface area contributed by atoms with Crippen molar-refractivity contribution in [3.05, 3.63) is 0 Å². The van der Waals surface area contributed by atoms with Crippen LogP contribution in [-0.4, -0.2) is 36.2 Å². The minimum Gasteiger partial charge on any atom is -0.465 e. The molecule has 2 rings (SSSR count). The molecule has 1 heterocycles. The summed E-state index contributed by atoms with van der Waals surface area (Å²) in [6.07, 6.45) is 6.07. The number of hydrogen-bond donors (Lipinski definition) is 1. The number of rotatable bonds is 3. The predicted molar refractivity (Wildman–Crippen MR) is 57.1 cm³/mol. The monoisotopic (exact) mass is 212 g/mol. The zero-order chi connectivity index (χ0) is 10.7. The quantitative estimate of drug-likeness (QED) is 0.711. The Morgan fingerprint density at radius 1 is 1.40 bits per heavy atom. The van der Waals surface area contributed by atoms with Gasteiger partial charge in [0, 0.05) is 12.6 Å². The lowest BCUT2D eigenvalue weighted by Gasteiger charge is -2.23. The summed E-state index contributed by atoms with van der Waals surface area (Å²) in [7, 11) is 0. The fraction of sp³-hybridized carbons (Fsp3) is 0.909. The number of carbonyl (C=O) groups excluding carboxylic acids is 1. The van der Waals surface area contributed by atoms with E-state index in [0.717, 1.165) is 13.0 Å². The molecule has 0 amide bonds. The van der Waals surface area contributed by atoms with Crippen LogP contribution in [0.5, 0.6) is 0 Å². The van der Waals surface area contributed by atoms with Crippen LogP contribution in [0.25, 0.3) is 0 Å². The van der Waals surface area contributed by atoms with E-state index in [-0.39, 0.29) is 12.0 Å². The van der Waals surface area contributed by atoms with E-state index in [0.29, 0.717) is 12.6 Å². The summed E-state index contributed by atoms with van der Waals surface area (Å²) in [6.45, 7) is 3.30. The number of ether oxygens (including phenoxy) is 1. The van der Waals surface area contributed by atoms with E-state index >= 15 is 0 Å². The van der Waals surface area contributed by atoms with Crippen LogP contribution in [-0.2, 0) is 9.53 Å². The van der Waals surface area contributed by atoms with Crippen molar-refractivity contribution < 1.29 is 9.53 Å². The molecule has 0 aromatic carbocycles. The van der Waals surface area contributed by atoms with E-state index in [1.54, 1.807) is 0 Å². The van der Waals surface area contributed by atoms with Gasteiger partial charge in [-0.3, -0.25) is 4.79 Å². The minimum absolute atomic E-state index is 0.0991. The van der Waals surface area contributed by atoms with Gasteiger partial charge in [-0.25, -0.2) is 10.4 Å². The lowest BCUT2D eigenvalue weighted by Crippen LogP contribution is -2.44. The summed E-state index contributed by atoms with van der Waals surface area (Å²) in [5.74, 6) is -0.0991. The third-order valence-electron chi connectivity index (χ3n) is 3.32. The summed E-state index contributed by atoms with van der Waals surface area (Å²) in [6, 6.07) is 0.537. The smallest absolute Gasteiger partial charge is 0.324 e. The molecule has 1 saturated heterocycles. The van der Waals surface area contributed by atoms with E-state index in [4.69, 9.17) is 4.74 Å². The van der Waals surface area contributed by atoms with Gasteiger partial charge in [-0.2, -0.15) is 0 Å². The van der Waals surface area contributed by atoms with Crippen LogP contribution in [0.3, 0.4) is 0 Å². The summed E-state index contributed by atoms with van der Waals surface area (Å²) in [4.78, 5) is 11.5. The highest BCUT2D eigenvalue weighted by Crippen LogP contribution is 2.24. The van der Waals surface area contributed by atoms with Gasteiger partial charge in [0.05, 0.1) is 6.61 Å². The minimum atomic E-state index is -0.106. The summed E-state index contributed by atoms with van der Waals surface area (Å²) >= 11 is 0. The van der Waals surface area contributed by atoms with Crippen molar-refractivity contribution in [3.63, 3.8) is 0 Å². The molecule has 86 valence electrons. The van der Waals surface area contributed by atoms with Gasteiger partial charge in [-0.1, -0.05) is 12.8 Å². The molecule has 1 unspecified atom stereocenters. The van der Waals surface area contributed by atoms with Gasteiger partial charge < -0.3 is 4.74 Å². The van der Waals surface area contributed by atoms with Crippen molar-refractivity contribution in [2.45, 2.75) is 51.1 Å². The van der Waals surface area contributed by atoms with Gasteiger partial charge >= 0.3 is 5.97 Å². The lowest BCUT2D eigenvalue weighted by atomic mass is 10.2. The summed E-state index contributed by atoms with van der Waals surface area (Å²) in [5, 5.41) is 2.24. The van der Waals surface area contributed by atoms with Gasteiger partial charge in [0.25, 0.3) is 0 Å². The molecule has 1 N–H and O–H groups in total. The van der Waals surface area contributed by atoms with Crippen LogP contribution in [0.2, 0.25) is 0 Å². The Morgan fingerprint density at radius 2 is 2.13 bits per heavy atom. The fourth-order valence-corrected chi connectivity index (χ4v) is 2.51. The second-order valence-corrected chi connectivity index (χ2v) is 4.35. The van der Waals surface area contributed by atoms with Crippen LogP contribution in [0, 0.1) is 0 Å². The number of carbonyl (C=O) groups is 1. The number of hydrazine groups is 1. The Bertz CT molecular complexity index is 227. The molecule has 15 heavy (non-hydrogen) atoms. The molecule has 0 radical (unpaired) electrons. The molecule has 0 bridgehead atoms. The number of nitrogens with one attached hydrogen (secondary N) is 1. The van der Waals surface area contributed by atoms with E-state index in [9.17, 15) is 4.79 Å². The Kier molecular flexibility index (Phi) is 3.59. The molecule has 2 aliphatic rings. The maximum absolute atomic E-state index is 11.5. The molecule has 1 aliphatic heterocycles. The topological polar surface area (TPSA) is 41.6 Å². The molecule has 1 aliphatic carbocycles. The molecule has 0 spiro atoms. The standard InChI is InChI=1S/C11H20N2O2/c1-2-15-11(14)10-7-8-13(12-10)9-5-3-4-6-9/h9-10,12H,2-8H2,1H3. The first-order valence-electron chi connectivity index (χ1n) is 6.00. The normalized spacial score (nSPS) is 28.5. The first kappa shape index (κ1) is 10.9. The summed E-state index contributed by atoms with van der Waals surface area (Å²) in [5.41, 5.74) is 3.28. The molecule has 4 heteroatoms. The average molecular weight is 212 g/mol. The third kappa shape index (κ3) is 2.49. The molecule has 0 aromatic rings. The molecular weight excluding hydrogens is 192 g/mol. The summed E-state index contributed by atoms with van der Waals surface area (Å²) < 4.78 is 5.01. The highest BCUT2D eigenvalue weighted by atomic mass is 16.5. The fourth-order valence-electron chi connectivity index (χ4n) is 2.51. The third-order valence-corrected chi connectivity index (χ3v) is 3.32. The van der Waals surface area contributed by atoms with Gasteiger partial charge in [0.2, 0.25) is 0 Å². The Morgan fingerprint density at radius 3 is 2.80 bits per heavy atom. The van der Waals surface area contributed by atoms with Crippen molar-refractivity contribution in [1.82, 2.24) is 10.4 Å². The van der Waals surface area contributed by atoms with Crippen molar-refractivity contribution in [2.75, 3.05) is 13.2 Å². The zero-order valence-electron chi connectivity index (χ0n) is 9.37. The van der Waals surface area contributed by atoms with Crippen LogP contribution in [0.4, 0.5) is 0 Å². The average Bonchev–Trinajstić information content (AvgIpc) is 2.89.